The molecule has 0 aliphatic rings. The number of hydrogen-bond donors (Lipinski definition) is 2. The summed E-state index contributed by atoms with van der Waals surface area (Å²) in [6.07, 6.45) is -0.625. The molecule has 0 spiro atoms. The van der Waals surface area contributed by atoms with E-state index in [4.69, 9.17) is 17.3 Å². The lowest BCUT2D eigenvalue weighted by Crippen LogP contribution is -2.11. The van der Waals surface area contributed by atoms with Crippen molar-refractivity contribution in [1.29, 1.82) is 0 Å². The maximum atomic E-state index is 9.64. The van der Waals surface area contributed by atoms with Gasteiger partial charge in [-0.05, 0) is 36.2 Å². The summed E-state index contributed by atoms with van der Waals surface area (Å²) in [5, 5.41) is 11.1. The molecule has 0 bridgehead atoms. The van der Waals surface area contributed by atoms with Gasteiger partial charge < -0.3 is 10.8 Å². The van der Waals surface area contributed by atoms with Gasteiger partial charge in [-0.25, -0.2) is 4.98 Å². The first kappa shape index (κ1) is 11.3. The Labute approximate surface area is 98.9 Å². The summed E-state index contributed by atoms with van der Waals surface area (Å²) in [6, 6.07) is 7.51. The number of benzene rings is 1. The standard InChI is InChI=1S/C12H13ClN2O/c1-7-4-9-5-8(11(16)6-14)2-3-10(9)15-12(7)13/h2-5,11,16H,6,14H2,1H3. The smallest absolute Gasteiger partial charge is 0.132 e. The molecule has 0 radical (unpaired) electrons. The molecule has 84 valence electrons. The molecule has 4 heteroatoms. The maximum absolute atomic E-state index is 9.64. The van der Waals surface area contributed by atoms with Crippen LogP contribution >= 0.6 is 11.6 Å². The molecule has 3 N–H and O–H groups in total. The second kappa shape index (κ2) is 4.37. The van der Waals surface area contributed by atoms with Gasteiger partial charge in [-0.2, -0.15) is 0 Å². The lowest BCUT2D eigenvalue weighted by Gasteiger charge is -2.09. The van der Waals surface area contributed by atoms with Gasteiger partial charge in [-0.15, -0.1) is 0 Å². The van der Waals surface area contributed by atoms with Crippen molar-refractivity contribution >= 4 is 22.5 Å². The van der Waals surface area contributed by atoms with E-state index in [0.29, 0.717) is 5.15 Å². The summed E-state index contributed by atoms with van der Waals surface area (Å²) in [6.45, 7) is 2.12. The molecule has 0 fully saturated rings. The average molecular weight is 237 g/mol. The fraction of sp³-hybridized carbons (Fsp3) is 0.250. The van der Waals surface area contributed by atoms with Crippen LogP contribution in [0.4, 0.5) is 0 Å². The number of aromatic nitrogens is 1. The molecule has 1 aromatic carbocycles. The van der Waals surface area contributed by atoms with E-state index >= 15 is 0 Å². The SMILES string of the molecule is Cc1cc2cc(C(O)CN)ccc2nc1Cl. The quantitative estimate of drug-likeness (QED) is 0.786. The Morgan fingerprint density at radius 1 is 1.44 bits per heavy atom. The van der Waals surface area contributed by atoms with Crippen molar-refractivity contribution in [2.45, 2.75) is 13.0 Å². The highest BCUT2D eigenvalue weighted by Crippen LogP contribution is 2.23. The average Bonchev–Trinajstić information content (AvgIpc) is 2.29. The van der Waals surface area contributed by atoms with E-state index in [0.717, 1.165) is 22.0 Å². The summed E-state index contributed by atoms with van der Waals surface area (Å²) >= 11 is 5.94. The molecule has 0 amide bonds. The summed E-state index contributed by atoms with van der Waals surface area (Å²) in [4.78, 5) is 4.25. The van der Waals surface area contributed by atoms with E-state index in [-0.39, 0.29) is 6.54 Å². The van der Waals surface area contributed by atoms with Crippen molar-refractivity contribution in [3.63, 3.8) is 0 Å². The molecule has 2 aromatic rings. The molecule has 0 saturated carbocycles. The van der Waals surface area contributed by atoms with Crippen molar-refractivity contribution in [3.8, 4) is 0 Å². The van der Waals surface area contributed by atoms with Gasteiger partial charge in [0.1, 0.15) is 5.15 Å². The highest BCUT2D eigenvalue weighted by molar-refractivity contribution is 6.30. The predicted molar refractivity (Wildman–Crippen MR) is 65.5 cm³/mol. The fourth-order valence-electron chi connectivity index (χ4n) is 1.62. The first-order chi connectivity index (χ1) is 7.61. The minimum Gasteiger partial charge on any atom is -0.387 e. The molecular formula is C12H13ClN2O. The Kier molecular flexibility index (Phi) is 3.10. The largest absolute Gasteiger partial charge is 0.387 e. The summed E-state index contributed by atoms with van der Waals surface area (Å²) in [5.41, 5.74) is 7.97. The number of aryl methyl sites for hydroxylation is 1. The van der Waals surface area contributed by atoms with E-state index in [2.05, 4.69) is 4.98 Å². The van der Waals surface area contributed by atoms with E-state index < -0.39 is 6.10 Å². The number of pyridine rings is 1. The van der Waals surface area contributed by atoms with Crippen LogP contribution in [0.15, 0.2) is 24.3 Å². The molecule has 1 unspecified atom stereocenters. The normalized spacial score (nSPS) is 13.0. The number of fused-ring (bicyclic) bond motifs is 1. The van der Waals surface area contributed by atoms with E-state index in [1.54, 1.807) is 0 Å². The summed E-state index contributed by atoms with van der Waals surface area (Å²) in [7, 11) is 0. The van der Waals surface area contributed by atoms with Crippen molar-refractivity contribution in [1.82, 2.24) is 4.98 Å². The molecule has 2 rings (SSSR count). The van der Waals surface area contributed by atoms with Crippen LogP contribution in [0.5, 0.6) is 0 Å². The first-order valence-corrected chi connectivity index (χ1v) is 5.44. The Balaban J connectivity index is 2.57. The van der Waals surface area contributed by atoms with Gasteiger partial charge in [0.25, 0.3) is 0 Å². The summed E-state index contributed by atoms with van der Waals surface area (Å²) in [5.74, 6) is 0. The molecule has 3 nitrogen and oxygen atoms in total. The Bertz CT molecular complexity index is 528. The van der Waals surface area contributed by atoms with Gasteiger partial charge in [-0.1, -0.05) is 17.7 Å². The van der Waals surface area contributed by atoms with Crippen LogP contribution in [-0.4, -0.2) is 16.6 Å². The maximum Gasteiger partial charge on any atom is 0.132 e. The fourth-order valence-corrected chi connectivity index (χ4v) is 1.77. The topological polar surface area (TPSA) is 59.1 Å². The highest BCUT2D eigenvalue weighted by Gasteiger charge is 2.07. The number of nitrogens with two attached hydrogens (primary N) is 1. The van der Waals surface area contributed by atoms with Gasteiger partial charge >= 0.3 is 0 Å². The molecule has 1 aromatic heterocycles. The van der Waals surface area contributed by atoms with Crippen molar-refractivity contribution in [2.24, 2.45) is 5.73 Å². The van der Waals surface area contributed by atoms with Crippen molar-refractivity contribution < 1.29 is 5.11 Å². The second-order valence-electron chi connectivity index (χ2n) is 3.80. The zero-order valence-electron chi connectivity index (χ0n) is 8.94. The van der Waals surface area contributed by atoms with Gasteiger partial charge in [0.15, 0.2) is 0 Å². The third kappa shape index (κ3) is 2.02. The van der Waals surface area contributed by atoms with Crippen LogP contribution in [0.25, 0.3) is 10.9 Å². The molecule has 0 saturated heterocycles. The second-order valence-corrected chi connectivity index (χ2v) is 4.16. The van der Waals surface area contributed by atoms with E-state index in [1.165, 1.54) is 0 Å². The lowest BCUT2D eigenvalue weighted by molar-refractivity contribution is 0.187. The number of rotatable bonds is 2. The van der Waals surface area contributed by atoms with Crippen LogP contribution in [0.2, 0.25) is 5.15 Å². The minimum absolute atomic E-state index is 0.214. The third-order valence-electron chi connectivity index (χ3n) is 2.58. The van der Waals surface area contributed by atoms with E-state index in [9.17, 15) is 5.11 Å². The first-order valence-electron chi connectivity index (χ1n) is 5.06. The van der Waals surface area contributed by atoms with Crippen LogP contribution < -0.4 is 5.73 Å². The Morgan fingerprint density at radius 3 is 2.88 bits per heavy atom. The molecule has 0 aliphatic carbocycles. The Morgan fingerprint density at radius 2 is 2.19 bits per heavy atom. The molecular weight excluding hydrogens is 224 g/mol. The van der Waals surface area contributed by atoms with Gasteiger partial charge in [0, 0.05) is 11.9 Å². The molecule has 16 heavy (non-hydrogen) atoms. The van der Waals surface area contributed by atoms with Crippen LogP contribution in [0.1, 0.15) is 17.2 Å². The number of hydrogen-bond acceptors (Lipinski definition) is 3. The number of aliphatic hydroxyl groups excluding tert-OH is 1. The number of nitrogens with zero attached hydrogens (tertiary/aromatic N) is 1. The summed E-state index contributed by atoms with van der Waals surface area (Å²) < 4.78 is 0. The van der Waals surface area contributed by atoms with Crippen LogP contribution in [-0.2, 0) is 0 Å². The highest BCUT2D eigenvalue weighted by atomic mass is 35.5. The number of aliphatic hydroxyl groups is 1. The minimum atomic E-state index is -0.625. The predicted octanol–water partition coefficient (Wildman–Crippen LogP) is 2.19. The van der Waals surface area contributed by atoms with Crippen LogP contribution in [0.3, 0.4) is 0 Å². The third-order valence-corrected chi connectivity index (χ3v) is 2.96. The number of halogens is 1. The van der Waals surface area contributed by atoms with E-state index in [1.807, 2.05) is 31.2 Å². The molecule has 0 aliphatic heterocycles. The zero-order valence-corrected chi connectivity index (χ0v) is 9.70. The zero-order chi connectivity index (χ0) is 11.7. The Hall–Kier alpha value is -1.16. The van der Waals surface area contributed by atoms with Gasteiger partial charge in [-0.3, -0.25) is 0 Å². The molecule has 1 heterocycles. The monoisotopic (exact) mass is 236 g/mol. The van der Waals surface area contributed by atoms with Gasteiger partial charge in [0.05, 0.1) is 11.6 Å². The lowest BCUT2D eigenvalue weighted by atomic mass is 10.1. The van der Waals surface area contributed by atoms with Crippen molar-refractivity contribution in [2.75, 3.05) is 6.54 Å². The van der Waals surface area contributed by atoms with Crippen LogP contribution in [0, 0.1) is 6.92 Å². The molecule has 1 atom stereocenters. The van der Waals surface area contributed by atoms with Crippen molar-refractivity contribution in [3.05, 3.63) is 40.5 Å². The van der Waals surface area contributed by atoms with Gasteiger partial charge in [0.2, 0.25) is 0 Å².